The quantitative estimate of drug-likeness (QED) is 0.776. The van der Waals surface area contributed by atoms with E-state index in [9.17, 15) is 4.79 Å². The number of hydrogen-bond donors (Lipinski definition) is 1. The van der Waals surface area contributed by atoms with E-state index in [-0.39, 0.29) is 6.61 Å². The van der Waals surface area contributed by atoms with E-state index in [0.29, 0.717) is 10.7 Å². The first-order valence-corrected chi connectivity index (χ1v) is 7.03. The van der Waals surface area contributed by atoms with Gasteiger partial charge >= 0.3 is 6.09 Å². The lowest BCUT2D eigenvalue weighted by atomic mass is 10.2. The van der Waals surface area contributed by atoms with Crippen molar-refractivity contribution in [3.05, 3.63) is 62.7 Å². The minimum Gasteiger partial charge on any atom is -0.444 e. The number of carbonyl (C=O) groups is 1. The van der Waals surface area contributed by atoms with Crippen molar-refractivity contribution in [1.82, 2.24) is 0 Å². The lowest BCUT2D eigenvalue weighted by Gasteiger charge is -2.08. The molecule has 0 aliphatic rings. The Kier molecular flexibility index (Phi) is 5.04. The Morgan fingerprint density at radius 3 is 2.63 bits per heavy atom. The summed E-state index contributed by atoms with van der Waals surface area (Å²) in [6, 6.07) is 14.9. The molecule has 0 fully saturated rings. The molecule has 0 aromatic heterocycles. The number of hydrogen-bond acceptors (Lipinski definition) is 2. The first-order chi connectivity index (χ1) is 9.15. The summed E-state index contributed by atoms with van der Waals surface area (Å²) >= 11 is 8.17. The Balaban J connectivity index is 1.91. The fourth-order valence-corrected chi connectivity index (χ4v) is 2.36. The van der Waals surface area contributed by atoms with Gasteiger partial charge in [0.1, 0.15) is 6.61 Å². The fraction of sp³-hybridized carbons (Fsp3) is 0.0714. The van der Waals surface area contributed by atoms with Crippen molar-refractivity contribution in [2.24, 2.45) is 0 Å². The van der Waals surface area contributed by atoms with Crippen LogP contribution < -0.4 is 5.32 Å². The molecule has 1 amide bonds. The van der Waals surface area contributed by atoms with Gasteiger partial charge in [0.2, 0.25) is 0 Å². The number of amides is 1. The molecule has 0 bridgehead atoms. The molecule has 3 nitrogen and oxygen atoms in total. The molecule has 0 saturated heterocycles. The summed E-state index contributed by atoms with van der Waals surface area (Å²) in [5.41, 5.74) is 1.48. The van der Waals surface area contributed by atoms with Gasteiger partial charge in [-0.3, -0.25) is 5.32 Å². The Bertz CT molecular complexity index is 575. The van der Waals surface area contributed by atoms with Gasteiger partial charge in [-0.05, 0) is 46.4 Å². The second kappa shape index (κ2) is 6.77. The van der Waals surface area contributed by atoms with Gasteiger partial charge in [-0.2, -0.15) is 0 Å². The average molecular weight is 388 g/mol. The molecule has 0 radical (unpaired) electrons. The molecular formula is C14H11ClINO2. The average Bonchev–Trinajstić information content (AvgIpc) is 2.41. The molecule has 0 aliphatic heterocycles. The number of carbonyl (C=O) groups excluding carboxylic acids is 1. The van der Waals surface area contributed by atoms with Crippen LogP contribution in [-0.2, 0) is 11.3 Å². The van der Waals surface area contributed by atoms with Crippen LogP contribution in [0.15, 0.2) is 48.5 Å². The molecule has 98 valence electrons. The smallest absolute Gasteiger partial charge is 0.412 e. The van der Waals surface area contributed by atoms with Crippen LogP contribution in [-0.4, -0.2) is 6.09 Å². The SMILES string of the molecule is O=C(Nc1ccc(I)cc1Cl)OCc1ccccc1. The third kappa shape index (κ3) is 4.40. The van der Waals surface area contributed by atoms with E-state index >= 15 is 0 Å². The van der Waals surface area contributed by atoms with Crippen molar-refractivity contribution in [1.29, 1.82) is 0 Å². The predicted molar refractivity (Wildman–Crippen MR) is 84.4 cm³/mol. The molecule has 2 rings (SSSR count). The first kappa shape index (κ1) is 14.1. The standard InChI is InChI=1S/C14H11ClINO2/c15-12-8-11(16)6-7-13(12)17-14(18)19-9-10-4-2-1-3-5-10/h1-8H,9H2,(H,17,18). The zero-order chi connectivity index (χ0) is 13.7. The Labute approximate surface area is 130 Å². The van der Waals surface area contributed by atoms with Gasteiger partial charge in [-0.1, -0.05) is 41.9 Å². The second-order valence-corrected chi connectivity index (χ2v) is 5.46. The Hall–Kier alpha value is -1.27. The predicted octanol–water partition coefficient (Wildman–Crippen LogP) is 4.69. The monoisotopic (exact) mass is 387 g/mol. The van der Waals surface area contributed by atoms with Crippen LogP contribution >= 0.6 is 34.2 Å². The summed E-state index contributed by atoms with van der Waals surface area (Å²) in [4.78, 5) is 11.6. The highest BCUT2D eigenvalue weighted by Crippen LogP contribution is 2.23. The van der Waals surface area contributed by atoms with E-state index in [1.807, 2.05) is 36.4 Å². The van der Waals surface area contributed by atoms with Crippen molar-refractivity contribution in [2.45, 2.75) is 6.61 Å². The van der Waals surface area contributed by atoms with Gasteiger partial charge < -0.3 is 4.74 Å². The maximum Gasteiger partial charge on any atom is 0.412 e. The maximum atomic E-state index is 11.6. The van der Waals surface area contributed by atoms with E-state index in [0.717, 1.165) is 9.13 Å². The first-order valence-electron chi connectivity index (χ1n) is 5.58. The molecule has 0 saturated carbocycles. The minimum atomic E-state index is -0.521. The number of nitrogens with one attached hydrogen (secondary N) is 1. The number of anilines is 1. The van der Waals surface area contributed by atoms with Gasteiger partial charge in [0.25, 0.3) is 0 Å². The van der Waals surface area contributed by atoms with E-state index in [1.165, 1.54) is 0 Å². The zero-order valence-electron chi connectivity index (χ0n) is 9.90. The van der Waals surface area contributed by atoms with Crippen LogP contribution in [0.2, 0.25) is 5.02 Å². The summed E-state index contributed by atoms with van der Waals surface area (Å²) in [6.45, 7) is 0.231. The topological polar surface area (TPSA) is 38.3 Å². The van der Waals surface area contributed by atoms with Gasteiger partial charge in [-0.25, -0.2) is 4.79 Å². The third-order valence-corrected chi connectivity index (χ3v) is 3.36. The summed E-state index contributed by atoms with van der Waals surface area (Å²) in [5.74, 6) is 0. The summed E-state index contributed by atoms with van der Waals surface area (Å²) < 4.78 is 6.11. The van der Waals surface area contributed by atoms with Gasteiger partial charge in [0.05, 0.1) is 10.7 Å². The fourth-order valence-electron chi connectivity index (χ4n) is 1.46. The van der Waals surface area contributed by atoms with E-state index in [2.05, 4.69) is 27.9 Å². The molecule has 0 unspecified atom stereocenters. The van der Waals surface area contributed by atoms with Crippen LogP contribution in [0.3, 0.4) is 0 Å². The van der Waals surface area contributed by atoms with Crippen molar-refractivity contribution in [3.63, 3.8) is 0 Å². The molecule has 0 aliphatic carbocycles. The summed E-state index contributed by atoms with van der Waals surface area (Å²) in [6.07, 6.45) is -0.521. The highest BCUT2D eigenvalue weighted by atomic mass is 127. The number of halogens is 2. The van der Waals surface area contributed by atoms with Gasteiger partial charge in [0, 0.05) is 3.57 Å². The Morgan fingerprint density at radius 1 is 1.21 bits per heavy atom. The van der Waals surface area contributed by atoms with Crippen molar-refractivity contribution in [2.75, 3.05) is 5.32 Å². The number of ether oxygens (including phenoxy) is 1. The van der Waals surface area contributed by atoms with Gasteiger partial charge in [-0.15, -0.1) is 0 Å². The van der Waals surface area contributed by atoms with Crippen LogP contribution in [0.25, 0.3) is 0 Å². The second-order valence-electron chi connectivity index (χ2n) is 3.81. The van der Waals surface area contributed by atoms with Crippen LogP contribution in [0.4, 0.5) is 10.5 Å². The maximum absolute atomic E-state index is 11.6. The molecule has 1 N–H and O–H groups in total. The largest absolute Gasteiger partial charge is 0.444 e. The van der Waals surface area contributed by atoms with E-state index in [1.54, 1.807) is 12.1 Å². The molecule has 0 atom stereocenters. The van der Waals surface area contributed by atoms with Crippen molar-refractivity contribution >= 4 is 46.0 Å². The highest BCUT2D eigenvalue weighted by Gasteiger charge is 2.07. The summed E-state index contributed by atoms with van der Waals surface area (Å²) in [7, 11) is 0. The molecule has 5 heteroatoms. The van der Waals surface area contributed by atoms with E-state index < -0.39 is 6.09 Å². The van der Waals surface area contributed by atoms with Crippen LogP contribution in [0.5, 0.6) is 0 Å². The van der Waals surface area contributed by atoms with E-state index in [4.69, 9.17) is 16.3 Å². The van der Waals surface area contributed by atoms with Crippen molar-refractivity contribution in [3.8, 4) is 0 Å². The number of rotatable bonds is 3. The highest BCUT2D eigenvalue weighted by molar-refractivity contribution is 14.1. The van der Waals surface area contributed by atoms with Crippen LogP contribution in [0.1, 0.15) is 5.56 Å². The third-order valence-electron chi connectivity index (χ3n) is 2.38. The lowest BCUT2D eigenvalue weighted by molar-refractivity contribution is 0.155. The molecule has 0 heterocycles. The Morgan fingerprint density at radius 2 is 1.95 bits per heavy atom. The minimum absolute atomic E-state index is 0.231. The van der Waals surface area contributed by atoms with Crippen molar-refractivity contribution < 1.29 is 9.53 Å². The molecule has 2 aromatic carbocycles. The molecule has 19 heavy (non-hydrogen) atoms. The normalized spacial score (nSPS) is 10.0. The summed E-state index contributed by atoms with van der Waals surface area (Å²) in [5, 5.41) is 3.10. The number of benzene rings is 2. The van der Waals surface area contributed by atoms with Crippen LogP contribution in [0, 0.1) is 3.57 Å². The lowest BCUT2D eigenvalue weighted by Crippen LogP contribution is -2.13. The molecular weight excluding hydrogens is 377 g/mol. The zero-order valence-corrected chi connectivity index (χ0v) is 12.8. The van der Waals surface area contributed by atoms with Gasteiger partial charge in [0.15, 0.2) is 0 Å². The molecule has 0 spiro atoms. The molecule has 2 aromatic rings.